The van der Waals surface area contributed by atoms with Gasteiger partial charge in [-0.1, -0.05) is 60.1 Å². The summed E-state index contributed by atoms with van der Waals surface area (Å²) in [5, 5.41) is 14.2. The van der Waals surface area contributed by atoms with E-state index in [9.17, 15) is 9.90 Å². The number of hydrogen-bond donors (Lipinski definition) is 2. The number of nitrogens with zero attached hydrogens (tertiary/aromatic N) is 1. The van der Waals surface area contributed by atoms with Crippen molar-refractivity contribution in [1.29, 1.82) is 0 Å². The van der Waals surface area contributed by atoms with Crippen LogP contribution in [0.2, 0.25) is 5.02 Å². The van der Waals surface area contributed by atoms with Gasteiger partial charge in [-0.3, -0.25) is 4.79 Å². The van der Waals surface area contributed by atoms with Crippen LogP contribution in [0.3, 0.4) is 0 Å². The van der Waals surface area contributed by atoms with Crippen molar-refractivity contribution in [2.45, 2.75) is 13.0 Å². The highest BCUT2D eigenvalue weighted by Gasteiger charge is 2.18. The molecular formula is C19H17ClN2O2S. The van der Waals surface area contributed by atoms with E-state index in [4.69, 9.17) is 11.6 Å². The summed E-state index contributed by atoms with van der Waals surface area (Å²) < 4.78 is 0. The van der Waals surface area contributed by atoms with Crippen LogP contribution >= 0.6 is 22.9 Å². The van der Waals surface area contributed by atoms with Gasteiger partial charge in [-0.15, -0.1) is 11.3 Å². The molecular weight excluding hydrogens is 356 g/mol. The van der Waals surface area contributed by atoms with Crippen LogP contribution in [0.5, 0.6) is 0 Å². The van der Waals surface area contributed by atoms with Crippen molar-refractivity contribution in [2.24, 2.45) is 0 Å². The molecule has 6 heteroatoms. The highest BCUT2D eigenvalue weighted by molar-refractivity contribution is 7.17. The van der Waals surface area contributed by atoms with Gasteiger partial charge in [-0.25, -0.2) is 4.98 Å². The number of thiazole rings is 1. The molecule has 0 saturated heterocycles. The van der Waals surface area contributed by atoms with Crippen molar-refractivity contribution in [1.82, 2.24) is 10.3 Å². The van der Waals surface area contributed by atoms with E-state index in [0.29, 0.717) is 20.6 Å². The van der Waals surface area contributed by atoms with Gasteiger partial charge in [0.15, 0.2) is 0 Å². The van der Waals surface area contributed by atoms with Crippen LogP contribution in [0.1, 0.15) is 27.0 Å². The quantitative estimate of drug-likeness (QED) is 0.704. The van der Waals surface area contributed by atoms with E-state index >= 15 is 0 Å². The maximum absolute atomic E-state index is 12.4. The highest BCUT2D eigenvalue weighted by atomic mass is 35.5. The lowest BCUT2D eigenvalue weighted by Crippen LogP contribution is -2.28. The number of halogens is 1. The van der Waals surface area contributed by atoms with Gasteiger partial charge >= 0.3 is 0 Å². The minimum atomic E-state index is -0.749. The van der Waals surface area contributed by atoms with Crippen molar-refractivity contribution in [3.8, 4) is 10.6 Å². The third-order valence-electron chi connectivity index (χ3n) is 3.75. The van der Waals surface area contributed by atoms with Crippen LogP contribution in [0.4, 0.5) is 0 Å². The molecule has 0 bridgehead atoms. The first-order valence-corrected chi connectivity index (χ1v) is 8.99. The highest BCUT2D eigenvalue weighted by Crippen LogP contribution is 2.32. The summed E-state index contributed by atoms with van der Waals surface area (Å²) in [4.78, 5) is 17.4. The van der Waals surface area contributed by atoms with Crippen LogP contribution in [-0.2, 0) is 0 Å². The third kappa shape index (κ3) is 4.07. The van der Waals surface area contributed by atoms with Gasteiger partial charge in [-0.05, 0) is 18.6 Å². The number of aliphatic hydroxyl groups excluding tert-OH is 1. The van der Waals surface area contributed by atoms with E-state index in [0.717, 1.165) is 11.1 Å². The van der Waals surface area contributed by atoms with Crippen molar-refractivity contribution in [3.05, 3.63) is 75.8 Å². The molecule has 2 N–H and O–H groups in total. The topological polar surface area (TPSA) is 62.2 Å². The van der Waals surface area contributed by atoms with Gasteiger partial charge in [0.05, 0.1) is 16.8 Å². The molecule has 0 aliphatic heterocycles. The number of carbonyl (C=O) groups excluding carboxylic acids is 1. The van der Waals surface area contributed by atoms with Gasteiger partial charge in [0.1, 0.15) is 9.88 Å². The average molecular weight is 373 g/mol. The molecule has 0 unspecified atom stereocenters. The Morgan fingerprint density at radius 2 is 1.88 bits per heavy atom. The monoisotopic (exact) mass is 372 g/mol. The molecule has 1 heterocycles. The van der Waals surface area contributed by atoms with Crippen molar-refractivity contribution in [2.75, 3.05) is 6.54 Å². The summed E-state index contributed by atoms with van der Waals surface area (Å²) in [6, 6.07) is 16.6. The predicted molar refractivity (Wildman–Crippen MR) is 101 cm³/mol. The third-order valence-corrected chi connectivity index (χ3v) is 5.27. The van der Waals surface area contributed by atoms with Crippen molar-refractivity contribution < 1.29 is 9.90 Å². The molecule has 0 radical (unpaired) electrons. The second-order valence-electron chi connectivity index (χ2n) is 5.55. The largest absolute Gasteiger partial charge is 0.387 e. The lowest BCUT2D eigenvalue weighted by atomic mass is 10.1. The molecule has 128 valence electrons. The molecule has 3 rings (SSSR count). The Morgan fingerprint density at radius 1 is 1.20 bits per heavy atom. The van der Waals surface area contributed by atoms with Gasteiger partial charge in [0, 0.05) is 12.1 Å². The molecule has 3 aromatic rings. The SMILES string of the molecule is Cc1nc(-c2ccccc2Cl)sc1C(=O)NC[C@H](O)c1ccccc1. The lowest BCUT2D eigenvalue weighted by Gasteiger charge is -2.11. The number of hydrogen-bond acceptors (Lipinski definition) is 4. The first-order valence-electron chi connectivity index (χ1n) is 7.80. The van der Waals surface area contributed by atoms with Crippen LogP contribution in [0, 0.1) is 6.92 Å². The second-order valence-corrected chi connectivity index (χ2v) is 6.96. The number of aryl methyl sites for hydroxylation is 1. The molecule has 0 fully saturated rings. The lowest BCUT2D eigenvalue weighted by molar-refractivity contribution is 0.0919. The summed E-state index contributed by atoms with van der Waals surface area (Å²) in [5.41, 5.74) is 2.22. The Kier molecular flexibility index (Phi) is 5.48. The molecule has 4 nitrogen and oxygen atoms in total. The summed E-state index contributed by atoms with van der Waals surface area (Å²) in [6.45, 7) is 1.93. The van der Waals surface area contributed by atoms with Crippen LogP contribution in [0.25, 0.3) is 10.6 Å². The first-order chi connectivity index (χ1) is 12.1. The van der Waals surface area contributed by atoms with E-state index in [2.05, 4.69) is 10.3 Å². The Hall–Kier alpha value is -2.21. The number of carbonyl (C=O) groups is 1. The fourth-order valence-electron chi connectivity index (χ4n) is 2.42. The van der Waals surface area contributed by atoms with E-state index in [1.807, 2.05) is 48.5 Å². The van der Waals surface area contributed by atoms with Crippen molar-refractivity contribution in [3.63, 3.8) is 0 Å². The molecule has 0 aliphatic carbocycles. The van der Waals surface area contributed by atoms with E-state index in [1.54, 1.807) is 13.0 Å². The standard InChI is InChI=1S/C19H17ClN2O2S/c1-12-17(25-19(22-12)14-9-5-6-10-15(14)20)18(24)21-11-16(23)13-7-3-2-4-8-13/h2-10,16,23H,11H2,1H3,(H,21,24)/t16-/m0/s1. The minimum absolute atomic E-state index is 0.140. The van der Waals surface area contributed by atoms with E-state index in [-0.39, 0.29) is 12.5 Å². The average Bonchev–Trinajstić information content (AvgIpc) is 3.02. The number of aliphatic hydroxyl groups is 1. The molecule has 25 heavy (non-hydrogen) atoms. The molecule has 2 aromatic carbocycles. The summed E-state index contributed by atoms with van der Waals surface area (Å²) >= 11 is 7.50. The molecule has 1 atom stereocenters. The molecule has 1 aromatic heterocycles. The Balaban J connectivity index is 1.72. The van der Waals surface area contributed by atoms with E-state index in [1.165, 1.54) is 11.3 Å². The second kappa shape index (κ2) is 7.78. The number of aromatic nitrogens is 1. The van der Waals surface area contributed by atoms with Crippen LogP contribution in [0.15, 0.2) is 54.6 Å². The van der Waals surface area contributed by atoms with Gasteiger partial charge in [-0.2, -0.15) is 0 Å². The molecule has 1 amide bonds. The Labute approximate surface area is 155 Å². The summed E-state index contributed by atoms with van der Waals surface area (Å²) in [5.74, 6) is -0.247. The maximum Gasteiger partial charge on any atom is 0.263 e. The first kappa shape index (κ1) is 17.6. The van der Waals surface area contributed by atoms with Gasteiger partial charge in [0.25, 0.3) is 5.91 Å². The zero-order chi connectivity index (χ0) is 17.8. The van der Waals surface area contributed by atoms with Crippen LogP contribution < -0.4 is 5.32 Å². The zero-order valence-electron chi connectivity index (χ0n) is 13.6. The van der Waals surface area contributed by atoms with E-state index < -0.39 is 6.10 Å². The van der Waals surface area contributed by atoms with Crippen LogP contribution in [-0.4, -0.2) is 22.5 Å². The fraction of sp³-hybridized carbons (Fsp3) is 0.158. The fourth-order valence-corrected chi connectivity index (χ4v) is 3.72. The number of nitrogens with one attached hydrogen (secondary N) is 1. The smallest absolute Gasteiger partial charge is 0.263 e. The Morgan fingerprint density at radius 3 is 2.60 bits per heavy atom. The van der Waals surface area contributed by atoms with Gasteiger partial charge in [0.2, 0.25) is 0 Å². The summed E-state index contributed by atoms with van der Waals surface area (Å²) in [6.07, 6.45) is -0.749. The van der Waals surface area contributed by atoms with Gasteiger partial charge < -0.3 is 10.4 Å². The normalized spacial score (nSPS) is 12.0. The Bertz CT molecular complexity index is 880. The predicted octanol–water partition coefficient (Wildman–Crippen LogP) is 4.24. The minimum Gasteiger partial charge on any atom is -0.387 e. The number of benzene rings is 2. The summed E-state index contributed by atoms with van der Waals surface area (Å²) in [7, 11) is 0. The van der Waals surface area contributed by atoms with Crippen molar-refractivity contribution >= 4 is 28.8 Å². The zero-order valence-corrected chi connectivity index (χ0v) is 15.1. The molecule has 0 spiro atoms. The number of rotatable bonds is 5. The number of amides is 1. The molecule has 0 saturated carbocycles. The maximum atomic E-state index is 12.4. The molecule has 0 aliphatic rings.